The van der Waals surface area contributed by atoms with Crippen LogP contribution in [0.1, 0.15) is 37.0 Å². The number of rotatable bonds is 3. The van der Waals surface area contributed by atoms with E-state index in [1.165, 1.54) is 0 Å². The SMILES string of the molecule is CC(C)[C@@H]1CCCN1C(=O)c1cnc(-c2ccccc2)nc1. The van der Waals surface area contributed by atoms with E-state index in [1.54, 1.807) is 12.4 Å². The summed E-state index contributed by atoms with van der Waals surface area (Å²) in [5.74, 6) is 1.19. The van der Waals surface area contributed by atoms with Gasteiger partial charge in [0, 0.05) is 30.5 Å². The molecule has 1 saturated heterocycles. The smallest absolute Gasteiger partial charge is 0.257 e. The molecule has 114 valence electrons. The lowest BCUT2D eigenvalue weighted by molar-refractivity contribution is 0.0700. The molecule has 1 aliphatic heterocycles. The minimum absolute atomic E-state index is 0.0517. The summed E-state index contributed by atoms with van der Waals surface area (Å²) >= 11 is 0. The third-order valence-electron chi connectivity index (χ3n) is 4.26. The van der Waals surface area contributed by atoms with E-state index in [0.29, 0.717) is 23.3 Å². The zero-order valence-electron chi connectivity index (χ0n) is 13.1. The molecule has 0 radical (unpaired) electrons. The maximum absolute atomic E-state index is 12.7. The van der Waals surface area contributed by atoms with Crippen molar-refractivity contribution in [2.24, 2.45) is 5.92 Å². The Hall–Kier alpha value is -2.23. The van der Waals surface area contributed by atoms with Crippen molar-refractivity contribution in [3.8, 4) is 11.4 Å². The van der Waals surface area contributed by atoms with E-state index in [9.17, 15) is 4.79 Å². The number of carbonyl (C=O) groups is 1. The molecule has 1 amide bonds. The predicted molar refractivity (Wildman–Crippen MR) is 86.4 cm³/mol. The average molecular weight is 295 g/mol. The van der Waals surface area contributed by atoms with Crippen molar-refractivity contribution in [2.45, 2.75) is 32.7 Å². The molecule has 1 fully saturated rings. The van der Waals surface area contributed by atoms with Crippen LogP contribution in [0.25, 0.3) is 11.4 Å². The van der Waals surface area contributed by atoms with Gasteiger partial charge in [0.25, 0.3) is 5.91 Å². The van der Waals surface area contributed by atoms with Crippen LogP contribution in [-0.4, -0.2) is 33.4 Å². The van der Waals surface area contributed by atoms with Crippen LogP contribution in [0.3, 0.4) is 0 Å². The Balaban J connectivity index is 1.79. The first-order valence-electron chi connectivity index (χ1n) is 7.85. The highest BCUT2D eigenvalue weighted by molar-refractivity contribution is 5.94. The number of amides is 1. The Kier molecular flexibility index (Phi) is 4.18. The van der Waals surface area contributed by atoms with Crippen molar-refractivity contribution in [3.63, 3.8) is 0 Å². The van der Waals surface area contributed by atoms with Crippen molar-refractivity contribution >= 4 is 5.91 Å². The number of hydrogen-bond donors (Lipinski definition) is 0. The molecule has 1 aromatic heterocycles. The van der Waals surface area contributed by atoms with E-state index in [2.05, 4.69) is 23.8 Å². The first-order chi connectivity index (χ1) is 10.7. The maximum atomic E-state index is 12.7. The second-order valence-corrected chi connectivity index (χ2v) is 6.11. The molecular weight excluding hydrogens is 274 g/mol. The molecule has 0 aliphatic carbocycles. The quantitative estimate of drug-likeness (QED) is 0.871. The molecule has 1 atom stereocenters. The third-order valence-corrected chi connectivity index (χ3v) is 4.26. The Labute approximate surface area is 131 Å². The van der Waals surface area contributed by atoms with Gasteiger partial charge in [0.05, 0.1) is 5.56 Å². The molecule has 0 N–H and O–H groups in total. The van der Waals surface area contributed by atoms with Crippen LogP contribution < -0.4 is 0 Å². The van der Waals surface area contributed by atoms with Crippen molar-refractivity contribution in [1.82, 2.24) is 14.9 Å². The summed E-state index contributed by atoms with van der Waals surface area (Å²) < 4.78 is 0. The second-order valence-electron chi connectivity index (χ2n) is 6.11. The van der Waals surface area contributed by atoms with Crippen LogP contribution in [0.2, 0.25) is 0 Å². The predicted octanol–water partition coefficient (Wildman–Crippen LogP) is 3.40. The average Bonchev–Trinajstić information content (AvgIpc) is 3.05. The van der Waals surface area contributed by atoms with Crippen LogP contribution in [0.15, 0.2) is 42.7 Å². The lowest BCUT2D eigenvalue weighted by Crippen LogP contribution is -2.38. The molecule has 3 rings (SSSR count). The van der Waals surface area contributed by atoms with Crippen LogP contribution >= 0.6 is 0 Å². The molecule has 0 spiro atoms. The summed E-state index contributed by atoms with van der Waals surface area (Å²) in [5.41, 5.74) is 1.54. The normalized spacial score (nSPS) is 18.0. The molecule has 0 unspecified atom stereocenters. The Morgan fingerprint density at radius 2 is 1.86 bits per heavy atom. The molecule has 2 heterocycles. The number of nitrogens with zero attached hydrogens (tertiary/aromatic N) is 3. The van der Waals surface area contributed by atoms with E-state index < -0.39 is 0 Å². The van der Waals surface area contributed by atoms with Crippen LogP contribution in [0, 0.1) is 5.92 Å². The minimum Gasteiger partial charge on any atom is -0.335 e. The summed E-state index contributed by atoms with van der Waals surface area (Å²) in [6.45, 7) is 5.18. The van der Waals surface area contributed by atoms with Crippen LogP contribution in [0.4, 0.5) is 0 Å². The Morgan fingerprint density at radius 3 is 2.50 bits per heavy atom. The molecule has 0 bridgehead atoms. The lowest BCUT2D eigenvalue weighted by Gasteiger charge is -2.27. The zero-order valence-corrected chi connectivity index (χ0v) is 13.1. The van der Waals surface area contributed by atoms with Crippen molar-refractivity contribution in [3.05, 3.63) is 48.3 Å². The first-order valence-corrected chi connectivity index (χ1v) is 7.85. The highest BCUT2D eigenvalue weighted by Crippen LogP contribution is 2.25. The van der Waals surface area contributed by atoms with Crippen molar-refractivity contribution in [1.29, 1.82) is 0 Å². The van der Waals surface area contributed by atoms with Gasteiger partial charge in [-0.15, -0.1) is 0 Å². The molecule has 0 saturated carbocycles. The summed E-state index contributed by atoms with van der Waals surface area (Å²) in [6, 6.07) is 10.1. The van der Waals surface area contributed by atoms with E-state index in [4.69, 9.17) is 0 Å². The van der Waals surface area contributed by atoms with Crippen LogP contribution in [-0.2, 0) is 0 Å². The highest BCUT2D eigenvalue weighted by Gasteiger charge is 2.31. The summed E-state index contributed by atoms with van der Waals surface area (Å²) in [5, 5.41) is 0. The summed E-state index contributed by atoms with van der Waals surface area (Å²) in [7, 11) is 0. The molecule has 4 heteroatoms. The lowest BCUT2D eigenvalue weighted by atomic mass is 10.0. The topological polar surface area (TPSA) is 46.1 Å². The monoisotopic (exact) mass is 295 g/mol. The standard InChI is InChI=1S/C18H21N3O/c1-13(2)16-9-6-10-21(16)18(22)15-11-19-17(20-12-15)14-7-4-3-5-8-14/h3-5,7-8,11-13,16H,6,9-10H2,1-2H3/t16-/m0/s1. The molecule has 1 aliphatic rings. The van der Waals surface area contributed by atoms with E-state index in [0.717, 1.165) is 24.9 Å². The molecule has 22 heavy (non-hydrogen) atoms. The number of likely N-dealkylation sites (tertiary alicyclic amines) is 1. The van der Waals surface area contributed by atoms with Crippen molar-refractivity contribution < 1.29 is 4.79 Å². The molecule has 1 aromatic carbocycles. The van der Waals surface area contributed by atoms with Gasteiger partial charge >= 0.3 is 0 Å². The Morgan fingerprint density at radius 1 is 1.18 bits per heavy atom. The minimum atomic E-state index is 0.0517. The number of aromatic nitrogens is 2. The van der Waals surface area contributed by atoms with Gasteiger partial charge in [0.15, 0.2) is 5.82 Å². The maximum Gasteiger partial charge on any atom is 0.257 e. The highest BCUT2D eigenvalue weighted by atomic mass is 16.2. The zero-order chi connectivity index (χ0) is 15.5. The van der Waals surface area contributed by atoms with Gasteiger partial charge in [0.1, 0.15) is 0 Å². The summed E-state index contributed by atoms with van der Waals surface area (Å²) in [4.78, 5) is 23.3. The van der Waals surface area contributed by atoms with Gasteiger partial charge in [-0.2, -0.15) is 0 Å². The van der Waals surface area contributed by atoms with Gasteiger partial charge in [-0.1, -0.05) is 44.2 Å². The van der Waals surface area contributed by atoms with E-state index >= 15 is 0 Å². The number of hydrogen-bond acceptors (Lipinski definition) is 3. The van der Waals surface area contributed by atoms with Gasteiger partial charge in [-0.25, -0.2) is 9.97 Å². The van der Waals surface area contributed by atoms with Gasteiger partial charge in [-0.3, -0.25) is 4.79 Å². The van der Waals surface area contributed by atoms with Crippen molar-refractivity contribution in [2.75, 3.05) is 6.54 Å². The number of benzene rings is 1. The molecule has 2 aromatic rings. The largest absolute Gasteiger partial charge is 0.335 e. The van der Waals surface area contributed by atoms with E-state index in [-0.39, 0.29) is 5.91 Å². The van der Waals surface area contributed by atoms with Crippen LogP contribution in [0.5, 0.6) is 0 Å². The van der Waals surface area contributed by atoms with Gasteiger partial charge in [-0.05, 0) is 18.8 Å². The fraction of sp³-hybridized carbons (Fsp3) is 0.389. The van der Waals surface area contributed by atoms with Gasteiger partial charge in [0.2, 0.25) is 0 Å². The van der Waals surface area contributed by atoms with Gasteiger partial charge < -0.3 is 4.90 Å². The fourth-order valence-electron chi connectivity index (χ4n) is 3.08. The summed E-state index contributed by atoms with van der Waals surface area (Å²) in [6.07, 6.45) is 5.46. The fourth-order valence-corrected chi connectivity index (χ4v) is 3.08. The Bertz CT molecular complexity index is 637. The third kappa shape index (κ3) is 2.86. The van der Waals surface area contributed by atoms with E-state index in [1.807, 2.05) is 35.2 Å². The second kappa shape index (κ2) is 6.26. The molecule has 4 nitrogen and oxygen atoms in total. The number of carbonyl (C=O) groups excluding carboxylic acids is 1. The first kappa shape index (κ1) is 14.7. The molecular formula is C18H21N3O.